The maximum absolute atomic E-state index is 11.0. The number of nitrogens with zero attached hydrogens (tertiary/aromatic N) is 1. The Morgan fingerprint density at radius 2 is 1.70 bits per heavy atom. The molecule has 0 radical (unpaired) electrons. The van der Waals surface area contributed by atoms with E-state index in [0.717, 1.165) is 11.3 Å². The van der Waals surface area contributed by atoms with E-state index in [2.05, 4.69) is 17.2 Å². The van der Waals surface area contributed by atoms with Gasteiger partial charge in [-0.15, -0.1) is 24.0 Å². The topological polar surface area (TPSA) is 93.5 Å². The Bertz CT molecular complexity index is 711. The van der Waals surface area contributed by atoms with E-state index in [1.807, 2.05) is 37.3 Å². The highest BCUT2D eigenvalue weighted by atomic mass is 127. The van der Waals surface area contributed by atoms with E-state index in [-0.39, 0.29) is 24.0 Å². The van der Waals surface area contributed by atoms with Gasteiger partial charge in [-0.05, 0) is 54.8 Å². The molecule has 0 aliphatic heterocycles. The minimum absolute atomic E-state index is 0. The molecule has 0 spiro atoms. The normalized spacial score (nSPS) is 10.8. The van der Waals surface area contributed by atoms with Crippen molar-refractivity contribution in [3.05, 3.63) is 64.7 Å². The molecule has 0 saturated heterocycles. The first-order valence-electron chi connectivity index (χ1n) is 6.98. The third kappa shape index (κ3) is 5.55. The number of aryl methyl sites for hydroxylation is 2. The van der Waals surface area contributed by atoms with Gasteiger partial charge in [0.2, 0.25) is 5.91 Å². The smallest absolute Gasteiger partial charge is 0.248 e. The fraction of sp³-hybridized carbons (Fsp3) is 0.176. The van der Waals surface area contributed by atoms with Crippen molar-refractivity contribution in [1.29, 1.82) is 0 Å². The zero-order valence-electron chi connectivity index (χ0n) is 13.2. The molecule has 6 heteroatoms. The SMILES string of the molecule is Cc1ccc(NC(N)=NCc2ccc(C(N)=O)cc2)cc1C.I. The van der Waals surface area contributed by atoms with Crippen LogP contribution < -0.4 is 16.8 Å². The molecule has 0 bridgehead atoms. The van der Waals surface area contributed by atoms with Gasteiger partial charge in [-0.1, -0.05) is 18.2 Å². The van der Waals surface area contributed by atoms with Crippen LogP contribution in [0.15, 0.2) is 47.5 Å². The van der Waals surface area contributed by atoms with Crippen molar-refractivity contribution in [2.45, 2.75) is 20.4 Å². The molecule has 2 aromatic carbocycles. The number of nitrogens with one attached hydrogen (secondary N) is 1. The van der Waals surface area contributed by atoms with Crippen LogP contribution in [0.5, 0.6) is 0 Å². The van der Waals surface area contributed by atoms with Gasteiger partial charge in [0, 0.05) is 11.3 Å². The molecule has 0 atom stereocenters. The highest BCUT2D eigenvalue weighted by molar-refractivity contribution is 14.0. The van der Waals surface area contributed by atoms with Crippen molar-refractivity contribution in [2.24, 2.45) is 16.5 Å². The van der Waals surface area contributed by atoms with E-state index in [0.29, 0.717) is 18.1 Å². The van der Waals surface area contributed by atoms with Crippen LogP contribution in [0, 0.1) is 13.8 Å². The van der Waals surface area contributed by atoms with Crippen LogP contribution in [0.1, 0.15) is 27.0 Å². The zero-order chi connectivity index (χ0) is 16.1. The number of carbonyl (C=O) groups is 1. The van der Waals surface area contributed by atoms with Crippen molar-refractivity contribution in [3.8, 4) is 0 Å². The Morgan fingerprint density at radius 1 is 1.04 bits per heavy atom. The lowest BCUT2D eigenvalue weighted by Crippen LogP contribution is -2.22. The molecular weight excluding hydrogens is 403 g/mol. The van der Waals surface area contributed by atoms with Gasteiger partial charge in [-0.3, -0.25) is 4.79 Å². The fourth-order valence-corrected chi connectivity index (χ4v) is 1.96. The van der Waals surface area contributed by atoms with Crippen molar-refractivity contribution < 1.29 is 4.79 Å². The standard InChI is InChI=1S/C17H20N4O.HI/c1-11-3-8-15(9-12(11)2)21-17(19)20-10-13-4-6-14(7-5-13)16(18)22;/h3-9H,10H2,1-2H3,(H2,18,22)(H3,19,20,21);1H. The molecule has 0 fully saturated rings. The molecule has 5 nitrogen and oxygen atoms in total. The monoisotopic (exact) mass is 424 g/mol. The predicted octanol–water partition coefficient (Wildman–Crippen LogP) is 2.95. The summed E-state index contributed by atoms with van der Waals surface area (Å²) in [6, 6.07) is 13.0. The number of nitrogens with two attached hydrogens (primary N) is 2. The molecule has 122 valence electrons. The van der Waals surface area contributed by atoms with Gasteiger partial charge in [-0.25, -0.2) is 4.99 Å². The van der Waals surface area contributed by atoms with Crippen LogP contribution in [-0.4, -0.2) is 11.9 Å². The minimum atomic E-state index is -0.439. The van der Waals surface area contributed by atoms with Crippen molar-refractivity contribution >= 4 is 41.5 Å². The molecule has 0 aliphatic rings. The number of carbonyl (C=O) groups excluding carboxylic acids is 1. The van der Waals surface area contributed by atoms with Gasteiger partial charge in [0.25, 0.3) is 0 Å². The molecular formula is C17H21IN4O. The van der Waals surface area contributed by atoms with Crippen LogP contribution in [-0.2, 0) is 6.54 Å². The average molecular weight is 424 g/mol. The third-order valence-corrected chi connectivity index (χ3v) is 3.45. The molecule has 0 saturated carbocycles. The van der Waals surface area contributed by atoms with E-state index in [1.165, 1.54) is 11.1 Å². The Hall–Kier alpha value is -2.09. The number of aliphatic imine (C=N–C) groups is 1. The third-order valence-electron chi connectivity index (χ3n) is 3.45. The highest BCUT2D eigenvalue weighted by Gasteiger charge is 2.00. The summed E-state index contributed by atoms with van der Waals surface area (Å²) < 4.78 is 0. The van der Waals surface area contributed by atoms with E-state index < -0.39 is 5.91 Å². The Kier molecular flexibility index (Phi) is 7.02. The highest BCUT2D eigenvalue weighted by Crippen LogP contribution is 2.14. The first-order valence-corrected chi connectivity index (χ1v) is 6.98. The Balaban J connectivity index is 0.00000264. The number of primary amides is 1. The van der Waals surface area contributed by atoms with Crippen LogP contribution in [0.3, 0.4) is 0 Å². The molecule has 1 amide bonds. The first-order chi connectivity index (χ1) is 10.5. The van der Waals surface area contributed by atoms with Crippen LogP contribution in [0.25, 0.3) is 0 Å². The summed E-state index contributed by atoms with van der Waals surface area (Å²) in [5.41, 5.74) is 15.9. The zero-order valence-corrected chi connectivity index (χ0v) is 15.5. The number of amides is 1. The maximum atomic E-state index is 11.0. The summed E-state index contributed by atoms with van der Waals surface area (Å²) in [4.78, 5) is 15.3. The molecule has 2 rings (SSSR count). The molecule has 5 N–H and O–H groups in total. The number of anilines is 1. The largest absolute Gasteiger partial charge is 0.370 e. The summed E-state index contributed by atoms with van der Waals surface area (Å²) in [5, 5.41) is 3.06. The second-order valence-electron chi connectivity index (χ2n) is 5.19. The second kappa shape index (κ2) is 8.52. The minimum Gasteiger partial charge on any atom is -0.370 e. The van der Waals surface area contributed by atoms with Crippen LogP contribution in [0.4, 0.5) is 5.69 Å². The van der Waals surface area contributed by atoms with Gasteiger partial charge in [0.1, 0.15) is 0 Å². The van der Waals surface area contributed by atoms with Gasteiger partial charge >= 0.3 is 0 Å². The molecule has 23 heavy (non-hydrogen) atoms. The molecule has 0 heterocycles. The number of halogens is 1. The van der Waals surface area contributed by atoms with Crippen molar-refractivity contribution in [2.75, 3.05) is 5.32 Å². The number of hydrogen-bond donors (Lipinski definition) is 3. The van der Waals surface area contributed by atoms with Crippen molar-refractivity contribution in [3.63, 3.8) is 0 Å². The summed E-state index contributed by atoms with van der Waals surface area (Å²) >= 11 is 0. The van der Waals surface area contributed by atoms with Gasteiger partial charge in [0.05, 0.1) is 6.54 Å². The molecule has 0 unspecified atom stereocenters. The quantitative estimate of drug-likeness (QED) is 0.400. The lowest BCUT2D eigenvalue weighted by molar-refractivity contribution is 0.100. The van der Waals surface area contributed by atoms with E-state index >= 15 is 0 Å². The molecule has 0 aromatic heterocycles. The van der Waals surface area contributed by atoms with Gasteiger partial charge in [-0.2, -0.15) is 0 Å². The van der Waals surface area contributed by atoms with E-state index in [9.17, 15) is 4.79 Å². The summed E-state index contributed by atoms with van der Waals surface area (Å²) in [5.74, 6) is -0.0896. The summed E-state index contributed by atoms with van der Waals surface area (Å²) in [6.07, 6.45) is 0. The summed E-state index contributed by atoms with van der Waals surface area (Å²) in [6.45, 7) is 4.54. The lowest BCUT2D eigenvalue weighted by Gasteiger charge is -2.08. The Morgan fingerprint density at radius 3 is 2.26 bits per heavy atom. The summed E-state index contributed by atoms with van der Waals surface area (Å²) in [7, 11) is 0. The maximum Gasteiger partial charge on any atom is 0.248 e. The van der Waals surface area contributed by atoms with Gasteiger partial charge < -0.3 is 16.8 Å². The van der Waals surface area contributed by atoms with Crippen molar-refractivity contribution in [1.82, 2.24) is 0 Å². The van der Waals surface area contributed by atoms with Gasteiger partial charge in [0.15, 0.2) is 5.96 Å². The number of guanidine groups is 1. The second-order valence-corrected chi connectivity index (χ2v) is 5.19. The molecule has 0 aliphatic carbocycles. The Labute approximate surface area is 153 Å². The lowest BCUT2D eigenvalue weighted by atomic mass is 10.1. The first kappa shape index (κ1) is 19.0. The average Bonchev–Trinajstić information content (AvgIpc) is 2.49. The predicted molar refractivity (Wildman–Crippen MR) is 105 cm³/mol. The molecule has 2 aromatic rings. The number of hydrogen-bond acceptors (Lipinski definition) is 2. The number of rotatable bonds is 4. The van der Waals surface area contributed by atoms with E-state index in [1.54, 1.807) is 12.1 Å². The van der Waals surface area contributed by atoms with E-state index in [4.69, 9.17) is 11.5 Å². The fourth-order valence-electron chi connectivity index (χ4n) is 1.96. The van der Waals surface area contributed by atoms with Crippen LogP contribution in [0.2, 0.25) is 0 Å². The number of benzene rings is 2. The van der Waals surface area contributed by atoms with Crippen LogP contribution >= 0.6 is 24.0 Å².